The smallest absolute Gasteiger partial charge is 0.251 e. The first-order valence-electron chi connectivity index (χ1n) is 3.89. The average molecular weight is 237 g/mol. The summed E-state index contributed by atoms with van der Waals surface area (Å²) in [4.78, 5) is 30.6. The minimum Gasteiger partial charge on any atom is -0.365 e. The first kappa shape index (κ1) is 13.7. The van der Waals surface area contributed by atoms with Crippen molar-refractivity contribution in [3.63, 3.8) is 0 Å². The molecule has 0 saturated carbocycles. The van der Waals surface area contributed by atoms with Crippen LogP contribution in [0.3, 0.4) is 0 Å². The SMILES string of the molecule is N=C(CCCN=C(N)N[N+](=O)[O-])P(O)O. The van der Waals surface area contributed by atoms with Crippen molar-refractivity contribution < 1.29 is 14.8 Å². The van der Waals surface area contributed by atoms with E-state index in [1.807, 2.05) is 0 Å². The molecule has 0 atom stereocenters. The van der Waals surface area contributed by atoms with Gasteiger partial charge in [-0.25, -0.2) is 15.1 Å². The van der Waals surface area contributed by atoms with E-state index in [1.165, 1.54) is 0 Å². The number of hydrazine groups is 1. The molecule has 0 aromatic rings. The van der Waals surface area contributed by atoms with Gasteiger partial charge in [-0.15, -0.1) is 0 Å². The van der Waals surface area contributed by atoms with E-state index in [4.69, 9.17) is 20.9 Å². The maximum Gasteiger partial charge on any atom is 0.251 e. The molecule has 0 saturated heterocycles. The average Bonchev–Trinajstić information content (AvgIpc) is 2.10. The second-order valence-electron chi connectivity index (χ2n) is 2.48. The molecule has 0 fully saturated rings. The molecule has 86 valence electrons. The number of hydrogen-bond acceptors (Lipinski definition) is 6. The predicted octanol–water partition coefficient (Wildman–Crippen LogP) is -0.864. The van der Waals surface area contributed by atoms with Gasteiger partial charge in [-0.2, -0.15) is 0 Å². The van der Waals surface area contributed by atoms with Crippen LogP contribution >= 0.6 is 8.38 Å². The Labute approximate surface area is 86.6 Å². The highest BCUT2D eigenvalue weighted by molar-refractivity contribution is 7.64. The van der Waals surface area contributed by atoms with Gasteiger partial charge in [0.15, 0.2) is 5.03 Å². The summed E-state index contributed by atoms with van der Waals surface area (Å²) in [6.45, 7) is 0.179. The number of nitrogens with two attached hydrogens (primary N) is 1. The fourth-order valence-electron chi connectivity index (χ4n) is 0.675. The highest BCUT2D eigenvalue weighted by atomic mass is 31.2. The van der Waals surface area contributed by atoms with Gasteiger partial charge in [0.25, 0.3) is 5.96 Å². The van der Waals surface area contributed by atoms with Gasteiger partial charge in [0, 0.05) is 6.54 Å². The molecule has 0 aliphatic heterocycles. The Bertz CT molecular complexity index is 268. The van der Waals surface area contributed by atoms with Crippen molar-refractivity contribution in [1.82, 2.24) is 5.43 Å². The Balaban J connectivity index is 3.69. The van der Waals surface area contributed by atoms with Crippen LogP contribution in [0.4, 0.5) is 0 Å². The minimum atomic E-state index is -2.33. The lowest BCUT2D eigenvalue weighted by molar-refractivity contribution is -0.525. The highest BCUT2D eigenvalue weighted by Crippen LogP contribution is 2.26. The summed E-state index contributed by atoms with van der Waals surface area (Å²) in [6.07, 6.45) is 0.548. The van der Waals surface area contributed by atoms with Crippen LogP contribution in [0.5, 0.6) is 0 Å². The molecule has 0 aromatic heterocycles. The van der Waals surface area contributed by atoms with Crippen LogP contribution in [0.2, 0.25) is 0 Å². The van der Waals surface area contributed by atoms with E-state index in [-0.39, 0.29) is 24.4 Å². The van der Waals surface area contributed by atoms with Crippen LogP contribution in [0, 0.1) is 15.5 Å². The van der Waals surface area contributed by atoms with Crippen LogP contribution in [0.1, 0.15) is 12.8 Å². The van der Waals surface area contributed by atoms with E-state index in [9.17, 15) is 10.1 Å². The van der Waals surface area contributed by atoms with Crippen molar-refractivity contribution in [3.8, 4) is 0 Å². The monoisotopic (exact) mass is 237 g/mol. The first-order valence-corrected chi connectivity index (χ1v) is 5.14. The topological polar surface area (TPSA) is 158 Å². The molecular formula is C5H12N5O4P. The molecule has 10 heteroatoms. The minimum absolute atomic E-state index is 0.166. The van der Waals surface area contributed by atoms with Crippen molar-refractivity contribution >= 4 is 19.8 Å². The van der Waals surface area contributed by atoms with Crippen LogP contribution < -0.4 is 11.2 Å². The number of hydrogen-bond donors (Lipinski definition) is 5. The quantitative estimate of drug-likeness (QED) is 0.101. The van der Waals surface area contributed by atoms with Gasteiger partial charge >= 0.3 is 0 Å². The molecule has 0 amide bonds. The molecule has 0 aliphatic rings. The zero-order chi connectivity index (χ0) is 11.8. The van der Waals surface area contributed by atoms with Crippen LogP contribution in [-0.4, -0.2) is 32.8 Å². The maximum atomic E-state index is 9.88. The van der Waals surface area contributed by atoms with Gasteiger partial charge < -0.3 is 20.9 Å². The fraction of sp³-hybridized carbons (Fsp3) is 0.600. The van der Waals surface area contributed by atoms with Crippen molar-refractivity contribution in [2.75, 3.05) is 6.54 Å². The van der Waals surface area contributed by atoms with Gasteiger partial charge in [-0.3, -0.25) is 0 Å². The van der Waals surface area contributed by atoms with E-state index in [0.717, 1.165) is 0 Å². The van der Waals surface area contributed by atoms with Crippen molar-refractivity contribution in [1.29, 1.82) is 5.41 Å². The van der Waals surface area contributed by atoms with Gasteiger partial charge in [-0.1, -0.05) is 5.43 Å². The number of nitro groups is 1. The largest absolute Gasteiger partial charge is 0.365 e. The van der Waals surface area contributed by atoms with E-state index in [0.29, 0.717) is 6.42 Å². The summed E-state index contributed by atoms with van der Waals surface area (Å²) in [5.41, 5.74) is 6.59. The van der Waals surface area contributed by atoms with Gasteiger partial charge in [0.2, 0.25) is 8.38 Å². The third-order valence-electron chi connectivity index (χ3n) is 1.30. The second-order valence-corrected chi connectivity index (χ2v) is 3.59. The lowest BCUT2D eigenvalue weighted by atomic mass is 10.3. The number of nitrogens with one attached hydrogen (secondary N) is 2. The first-order chi connectivity index (χ1) is 6.93. The molecule has 0 aliphatic carbocycles. The maximum absolute atomic E-state index is 9.88. The molecular weight excluding hydrogens is 225 g/mol. The fourth-order valence-corrected chi connectivity index (χ4v) is 1.03. The Morgan fingerprint density at radius 1 is 1.67 bits per heavy atom. The Morgan fingerprint density at radius 3 is 2.73 bits per heavy atom. The molecule has 0 unspecified atom stereocenters. The standard InChI is InChI=1S/C5H12N5O4P/c6-4(15(13)14)2-1-3-8-5(7)9-10(11)12/h6,13-14H,1-3H2,(H3,7,8,9). The third-order valence-corrected chi connectivity index (χ3v) is 2.01. The van der Waals surface area contributed by atoms with E-state index in [2.05, 4.69) is 4.99 Å². The van der Waals surface area contributed by atoms with E-state index >= 15 is 0 Å². The summed E-state index contributed by atoms with van der Waals surface area (Å²) in [7, 11) is -2.33. The Hall–Kier alpha value is -1.31. The van der Waals surface area contributed by atoms with Crippen LogP contribution in [-0.2, 0) is 0 Å². The zero-order valence-electron chi connectivity index (χ0n) is 7.75. The summed E-state index contributed by atoms with van der Waals surface area (Å²) in [5.74, 6) is -0.318. The number of rotatable bonds is 6. The molecule has 6 N–H and O–H groups in total. The molecule has 9 nitrogen and oxygen atoms in total. The highest BCUT2D eigenvalue weighted by Gasteiger charge is 2.06. The predicted molar refractivity (Wildman–Crippen MR) is 54.9 cm³/mol. The van der Waals surface area contributed by atoms with Gasteiger partial charge in [-0.05, 0) is 12.8 Å². The van der Waals surface area contributed by atoms with Crippen molar-refractivity contribution in [2.45, 2.75) is 12.8 Å². The number of aliphatic imine (C=N–C) groups is 1. The van der Waals surface area contributed by atoms with Crippen LogP contribution in [0.15, 0.2) is 4.99 Å². The molecule has 0 heterocycles. The van der Waals surface area contributed by atoms with Crippen molar-refractivity contribution in [2.24, 2.45) is 10.7 Å². The van der Waals surface area contributed by atoms with E-state index < -0.39 is 13.4 Å². The molecule has 0 spiro atoms. The molecule has 0 radical (unpaired) electrons. The summed E-state index contributed by atoms with van der Waals surface area (Å²) in [5, 5.41) is 16.1. The van der Waals surface area contributed by atoms with Crippen LogP contribution in [0.25, 0.3) is 0 Å². The second kappa shape index (κ2) is 7.04. The third kappa shape index (κ3) is 7.74. The Morgan fingerprint density at radius 2 is 2.27 bits per heavy atom. The zero-order valence-corrected chi connectivity index (χ0v) is 8.65. The Kier molecular flexibility index (Phi) is 6.43. The van der Waals surface area contributed by atoms with Gasteiger partial charge in [0.1, 0.15) is 0 Å². The number of guanidine groups is 1. The lowest BCUT2D eigenvalue weighted by Gasteiger charge is -2.02. The molecule has 0 bridgehead atoms. The number of nitrogens with zero attached hydrogens (tertiary/aromatic N) is 2. The normalized spacial score (nSPS) is 11.5. The molecule has 15 heavy (non-hydrogen) atoms. The molecule has 0 rings (SSSR count). The summed E-state index contributed by atoms with van der Waals surface area (Å²) in [6, 6.07) is 0. The van der Waals surface area contributed by atoms with Crippen molar-refractivity contribution in [3.05, 3.63) is 10.1 Å². The molecule has 0 aromatic carbocycles. The summed E-state index contributed by atoms with van der Waals surface area (Å²) >= 11 is 0. The lowest BCUT2D eigenvalue weighted by Crippen LogP contribution is -2.36. The summed E-state index contributed by atoms with van der Waals surface area (Å²) < 4.78 is 0. The van der Waals surface area contributed by atoms with Gasteiger partial charge in [0.05, 0.1) is 5.45 Å². The van der Waals surface area contributed by atoms with E-state index in [1.54, 1.807) is 5.43 Å².